The van der Waals surface area contributed by atoms with Gasteiger partial charge in [0.25, 0.3) is 5.91 Å². The second kappa shape index (κ2) is 9.90. The van der Waals surface area contributed by atoms with Gasteiger partial charge in [0.15, 0.2) is 0 Å². The summed E-state index contributed by atoms with van der Waals surface area (Å²) in [4.78, 5) is 12.1. The van der Waals surface area contributed by atoms with Gasteiger partial charge in [-0.05, 0) is 43.8 Å². The predicted molar refractivity (Wildman–Crippen MR) is 95.3 cm³/mol. The highest BCUT2D eigenvalue weighted by Crippen LogP contribution is 2.14. The molecule has 2 rings (SSSR count). The van der Waals surface area contributed by atoms with Gasteiger partial charge >= 0.3 is 0 Å². The molecule has 0 aliphatic heterocycles. The number of halogens is 2. The van der Waals surface area contributed by atoms with Gasteiger partial charge in [0.05, 0.1) is 0 Å². The number of nitrogens with one attached hydrogen (secondary N) is 2. The van der Waals surface area contributed by atoms with Crippen molar-refractivity contribution in [2.75, 3.05) is 13.6 Å². The van der Waals surface area contributed by atoms with Crippen molar-refractivity contribution in [2.45, 2.75) is 19.6 Å². The summed E-state index contributed by atoms with van der Waals surface area (Å²) in [7, 11) is 1.85. The molecule has 130 valence electrons. The van der Waals surface area contributed by atoms with Crippen molar-refractivity contribution >= 4 is 18.3 Å². The van der Waals surface area contributed by atoms with Crippen LogP contribution in [0.4, 0.5) is 4.39 Å². The van der Waals surface area contributed by atoms with Crippen molar-refractivity contribution in [3.8, 4) is 5.75 Å². The van der Waals surface area contributed by atoms with E-state index in [1.807, 2.05) is 20.0 Å². The molecule has 0 heterocycles. The van der Waals surface area contributed by atoms with Crippen molar-refractivity contribution in [3.05, 3.63) is 65.5 Å². The predicted octanol–water partition coefficient (Wildman–Crippen LogP) is 3.16. The van der Waals surface area contributed by atoms with E-state index in [0.717, 1.165) is 5.56 Å². The highest BCUT2D eigenvalue weighted by molar-refractivity contribution is 5.94. The maximum absolute atomic E-state index is 13.1. The first kappa shape index (κ1) is 19.9. The third kappa shape index (κ3) is 6.18. The lowest BCUT2D eigenvalue weighted by atomic mass is 10.1. The van der Waals surface area contributed by atoms with Gasteiger partial charge in [-0.3, -0.25) is 4.79 Å². The Labute approximate surface area is 147 Å². The van der Waals surface area contributed by atoms with Gasteiger partial charge in [0, 0.05) is 24.2 Å². The van der Waals surface area contributed by atoms with Crippen LogP contribution >= 0.6 is 12.4 Å². The lowest BCUT2D eigenvalue weighted by Gasteiger charge is -2.12. The minimum absolute atomic E-state index is 0. The number of carbonyl (C=O) groups is 1. The summed E-state index contributed by atoms with van der Waals surface area (Å²) in [6.07, 6.45) is 0. The SMILES string of the molecule is CNC(C)CNC(=O)c1cccc(COc2cccc(F)c2)c1.Cl. The van der Waals surface area contributed by atoms with E-state index in [2.05, 4.69) is 10.6 Å². The van der Waals surface area contributed by atoms with Crippen LogP contribution in [0.5, 0.6) is 5.75 Å². The highest BCUT2D eigenvalue weighted by Gasteiger charge is 2.08. The molecule has 0 aliphatic carbocycles. The van der Waals surface area contributed by atoms with Crippen molar-refractivity contribution in [1.29, 1.82) is 0 Å². The molecule has 24 heavy (non-hydrogen) atoms. The van der Waals surface area contributed by atoms with Gasteiger partial charge in [-0.1, -0.05) is 18.2 Å². The van der Waals surface area contributed by atoms with Crippen LogP contribution in [0.3, 0.4) is 0 Å². The second-order valence-electron chi connectivity index (χ2n) is 5.35. The molecule has 1 atom stereocenters. The van der Waals surface area contributed by atoms with Crippen molar-refractivity contribution in [3.63, 3.8) is 0 Å². The van der Waals surface area contributed by atoms with Gasteiger partial charge in [0.2, 0.25) is 0 Å². The van der Waals surface area contributed by atoms with Crippen molar-refractivity contribution in [1.82, 2.24) is 10.6 Å². The molecule has 1 unspecified atom stereocenters. The Kier molecular flexibility index (Phi) is 8.22. The molecule has 2 aromatic carbocycles. The first-order valence-corrected chi connectivity index (χ1v) is 7.51. The molecule has 0 saturated heterocycles. The minimum Gasteiger partial charge on any atom is -0.489 e. The molecular weight excluding hydrogens is 331 g/mol. The highest BCUT2D eigenvalue weighted by atomic mass is 35.5. The number of carbonyl (C=O) groups excluding carboxylic acids is 1. The number of benzene rings is 2. The third-order valence-corrected chi connectivity index (χ3v) is 3.45. The fourth-order valence-corrected chi connectivity index (χ4v) is 1.98. The Morgan fingerprint density at radius 3 is 2.67 bits per heavy atom. The summed E-state index contributed by atoms with van der Waals surface area (Å²) >= 11 is 0. The molecule has 2 aromatic rings. The number of hydrogen-bond donors (Lipinski definition) is 2. The third-order valence-electron chi connectivity index (χ3n) is 3.45. The Morgan fingerprint density at radius 2 is 1.96 bits per heavy atom. The summed E-state index contributed by atoms with van der Waals surface area (Å²) < 4.78 is 18.6. The van der Waals surface area contributed by atoms with Gasteiger partial charge < -0.3 is 15.4 Å². The fourth-order valence-electron chi connectivity index (χ4n) is 1.98. The number of ether oxygens (including phenoxy) is 1. The normalized spacial score (nSPS) is 11.3. The van der Waals surface area contributed by atoms with Crippen LogP contribution < -0.4 is 15.4 Å². The maximum atomic E-state index is 13.1. The van der Waals surface area contributed by atoms with E-state index in [1.165, 1.54) is 12.1 Å². The lowest BCUT2D eigenvalue weighted by molar-refractivity contribution is 0.0950. The first-order valence-electron chi connectivity index (χ1n) is 7.51. The molecule has 0 fully saturated rings. The summed E-state index contributed by atoms with van der Waals surface area (Å²) in [6.45, 7) is 2.82. The molecule has 0 saturated carbocycles. The van der Waals surface area contributed by atoms with Crippen LogP contribution in [0.2, 0.25) is 0 Å². The van der Waals surface area contributed by atoms with Crippen LogP contribution in [0.25, 0.3) is 0 Å². The van der Waals surface area contributed by atoms with Crippen LogP contribution in [-0.4, -0.2) is 25.5 Å². The fraction of sp³-hybridized carbons (Fsp3) is 0.278. The summed E-state index contributed by atoms with van der Waals surface area (Å²) in [5.41, 5.74) is 1.43. The Balaban J connectivity index is 0.00000288. The second-order valence-corrected chi connectivity index (χ2v) is 5.35. The molecule has 0 radical (unpaired) electrons. The quantitative estimate of drug-likeness (QED) is 0.804. The topological polar surface area (TPSA) is 50.4 Å². The Morgan fingerprint density at radius 1 is 1.21 bits per heavy atom. The standard InChI is InChI=1S/C18H21FN2O2.ClH/c1-13(20-2)11-21-18(22)15-6-3-5-14(9-15)12-23-17-8-4-7-16(19)10-17;/h3-10,13,20H,11-12H2,1-2H3,(H,21,22);1H. The molecule has 0 bridgehead atoms. The average molecular weight is 353 g/mol. The first-order chi connectivity index (χ1) is 11.1. The Hall–Kier alpha value is -2.11. The number of amides is 1. The molecule has 0 aliphatic rings. The van der Waals surface area contributed by atoms with Crippen molar-refractivity contribution in [2.24, 2.45) is 0 Å². The molecular formula is C18H22ClFN2O2. The molecule has 0 spiro atoms. The molecule has 1 amide bonds. The molecule has 2 N–H and O–H groups in total. The molecule has 0 aromatic heterocycles. The largest absolute Gasteiger partial charge is 0.489 e. The lowest BCUT2D eigenvalue weighted by Crippen LogP contribution is -2.37. The van der Waals surface area contributed by atoms with Gasteiger partial charge in [0.1, 0.15) is 18.2 Å². The van der Waals surface area contributed by atoms with E-state index in [-0.39, 0.29) is 36.8 Å². The van der Waals surface area contributed by atoms with E-state index in [0.29, 0.717) is 17.9 Å². The minimum atomic E-state index is -0.339. The average Bonchev–Trinajstić information content (AvgIpc) is 2.58. The molecule has 4 nitrogen and oxygen atoms in total. The zero-order chi connectivity index (χ0) is 16.7. The maximum Gasteiger partial charge on any atom is 0.251 e. The van der Waals surface area contributed by atoms with E-state index in [9.17, 15) is 9.18 Å². The summed E-state index contributed by atoms with van der Waals surface area (Å²) in [5, 5.41) is 5.93. The number of hydrogen-bond acceptors (Lipinski definition) is 3. The number of rotatable bonds is 7. The van der Waals surface area contributed by atoms with E-state index < -0.39 is 0 Å². The zero-order valence-corrected chi connectivity index (χ0v) is 14.5. The zero-order valence-electron chi connectivity index (χ0n) is 13.7. The van der Waals surface area contributed by atoms with Gasteiger partial charge in [-0.25, -0.2) is 4.39 Å². The van der Waals surface area contributed by atoms with E-state index >= 15 is 0 Å². The van der Waals surface area contributed by atoms with Crippen LogP contribution in [-0.2, 0) is 6.61 Å². The monoisotopic (exact) mass is 352 g/mol. The smallest absolute Gasteiger partial charge is 0.251 e. The van der Waals surface area contributed by atoms with Crippen LogP contribution in [0.1, 0.15) is 22.8 Å². The van der Waals surface area contributed by atoms with E-state index in [1.54, 1.807) is 30.3 Å². The van der Waals surface area contributed by atoms with Gasteiger partial charge in [-0.15, -0.1) is 12.4 Å². The summed E-state index contributed by atoms with van der Waals surface area (Å²) in [5.74, 6) is -0.00307. The van der Waals surface area contributed by atoms with Crippen molar-refractivity contribution < 1.29 is 13.9 Å². The van der Waals surface area contributed by atoms with Gasteiger partial charge in [-0.2, -0.15) is 0 Å². The number of likely N-dealkylation sites (N-methyl/N-ethyl adjacent to an activating group) is 1. The summed E-state index contributed by atoms with van der Waals surface area (Å²) in [6, 6.07) is 13.4. The Bertz CT molecular complexity index is 667. The van der Waals surface area contributed by atoms with Crippen LogP contribution in [0, 0.1) is 5.82 Å². The van der Waals surface area contributed by atoms with E-state index in [4.69, 9.17) is 4.74 Å². The molecule has 6 heteroatoms. The van der Waals surface area contributed by atoms with Crippen LogP contribution in [0.15, 0.2) is 48.5 Å².